The molecule has 2 amide bonds. The van der Waals surface area contributed by atoms with E-state index in [1.165, 1.54) is 18.2 Å². The molecule has 22 heavy (non-hydrogen) atoms. The SMILES string of the molecule is Cc1cc([N+](=O)[O-])ccc1NC(=O)N1CCC(C(=O)O)CC1. The van der Waals surface area contributed by atoms with Crippen LogP contribution in [0.25, 0.3) is 0 Å². The molecule has 1 heterocycles. The van der Waals surface area contributed by atoms with E-state index in [9.17, 15) is 19.7 Å². The zero-order valence-electron chi connectivity index (χ0n) is 12.1. The van der Waals surface area contributed by atoms with E-state index >= 15 is 0 Å². The molecule has 0 aromatic heterocycles. The summed E-state index contributed by atoms with van der Waals surface area (Å²) in [7, 11) is 0. The summed E-state index contributed by atoms with van der Waals surface area (Å²) in [5.74, 6) is -1.23. The third-order valence-corrected chi connectivity index (χ3v) is 3.79. The zero-order chi connectivity index (χ0) is 16.3. The van der Waals surface area contributed by atoms with Gasteiger partial charge in [0.05, 0.1) is 10.8 Å². The number of amides is 2. The maximum absolute atomic E-state index is 12.1. The molecule has 1 aromatic carbocycles. The molecule has 0 unspecified atom stereocenters. The highest BCUT2D eigenvalue weighted by molar-refractivity contribution is 5.90. The standard InChI is InChI=1S/C14H17N3O5/c1-9-8-11(17(21)22)2-3-12(9)15-14(20)16-6-4-10(5-7-16)13(18)19/h2-3,8,10H,4-7H2,1H3,(H,15,20)(H,18,19). The van der Waals surface area contributed by atoms with Gasteiger partial charge in [0, 0.05) is 30.9 Å². The molecule has 1 aromatic rings. The fraction of sp³-hybridized carbons (Fsp3) is 0.429. The minimum absolute atomic E-state index is 0.0298. The van der Waals surface area contributed by atoms with Crippen LogP contribution in [-0.2, 0) is 4.79 Å². The van der Waals surface area contributed by atoms with E-state index in [-0.39, 0.29) is 11.7 Å². The number of anilines is 1. The second kappa shape index (κ2) is 6.42. The number of carboxylic acids is 1. The minimum atomic E-state index is -0.828. The molecule has 0 saturated carbocycles. The molecular formula is C14H17N3O5. The van der Waals surface area contributed by atoms with E-state index in [1.807, 2.05) is 0 Å². The molecule has 1 aliphatic heterocycles. The van der Waals surface area contributed by atoms with Crippen molar-refractivity contribution >= 4 is 23.4 Å². The smallest absolute Gasteiger partial charge is 0.321 e. The van der Waals surface area contributed by atoms with Gasteiger partial charge in [0.1, 0.15) is 0 Å². The molecule has 118 valence electrons. The molecule has 0 spiro atoms. The molecule has 0 aliphatic carbocycles. The summed E-state index contributed by atoms with van der Waals surface area (Å²) in [4.78, 5) is 34.8. The lowest BCUT2D eigenvalue weighted by Crippen LogP contribution is -2.42. The molecule has 0 atom stereocenters. The Bertz CT molecular complexity index is 608. The third kappa shape index (κ3) is 3.51. The van der Waals surface area contributed by atoms with Crippen molar-refractivity contribution in [2.45, 2.75) is 19.8 Å². The second-order valence-electron chi connectivity index (χ2n) is 5.29. The van der Waals surface area contributed by atoms with E-state index in [0.29, 0.717) is 37.2 Å². The van der Waals surface area contributed by atoms with Crippen LogP contribution in [0, 0.1) is 23.0 Å². The van der Waals surface area contributed by atoms with Crippen LogP contribution in [-0.4, -0.2) is 40.0 Å². The Labute approximate surface area is 126 Å². The van der Waals surface area contributed by atoms with Gasteiger partial charge in [-0.2, -0.15) is 0 Å². The molecular weight excluding hydrogens is 290 g/mol. The van der Waals surface area contributed by atoms with Gasteiger partial charge >= 0.3 is 12.0 Å². The number of carbonyl (C=O) groups excluding carboxylic acids is 1. The van der Waals surface area contributed by atoms with Crippen molar-refractivity contribution in [3.63, 3.8) is 0 Å². The fourth-order valence-electron chi connectivity index (χ4n) is 2.43. The van der Waals surface area contributed by atoms with Gasteiger partial charge in [-0.25, -0.2) is 4.79 Å². The van der Waals surface area contributed by atoms with E-state index in [2.05, 4.69) is 5.32 Å². The van der Waals surface area contributed by atoms with Gasteiger partial charge < -0.3 is 15.3 Å². The largest absolute Gasteiger partial charge is 0.481 e. The van der Waals surface area contributed by atoms with Crippen LogP contribution in [0.3, 0.4) is 0 Å². The Kier molecular flexibility index (Phi) is 4.59. The first-order valence-electron chi connectivity index (χ1n) is 6.92. The molecule has 2 N–H and O–H groups in total. The van der Waals surface area contributed by atoms with Crippen LogP contribution >= 0.6 is 0 Å². The number of benzene rings is 1. The third-order valence-electron chi connectivity index (χ3n) is 3.79. The van der Waals surface area contributed by atoms with Crippen molar-refractivity contribution in [1.29, 1.82) is 0 Å². The van der Waals surface area contributed by atoms with E-state index in [4.69, 9.17) is 5.11 Å². The monoisotopic (exact) mass is 307 g/mol. The number of piperidine rings is 1. The summed E-state index contributed by atoms with van der Waals surface area (Å²) in [6, 6.07) is 3.90. The average molecular weight is 307 g/mol. The van der Waals surface area contributed by atoms with Gasteiger partial charge in [-0.1, -0.05) is 0 Å². The number of carbonyl (C=O) groups is 2. The Hall–Kier alpha value is -2.64. The molecule has 2 rings (SSSR count). The summed E-state index contributed by atoms with van der Waals surface area (Å²) >= 11 is 0. The Balaban J connectivity index is 1.98. The lowest BCUT2D eigenvalue weighted by molar-refractivity contribution is -0.384. The number of nitrogens with zero attached hydrogens (tertiary/aromatic N) is 2. The zero-order valence-corrected chi connectivity index (χ0v) is 12.1. The summed E-state index contributed by atoms with van der Waals surface area (Å²) < 4.78 is 0. The predicted octanol–water partition coefficient (Wildman–Crippen LogP) is 2.23. The quantitative estimate of drug-likeness (QED) is 0.656. The topological polar surface area (TPSA) is 113 Å². The molecule has 0 radical (unpaired) electrons. The number of hydrogen-bond acceptors (Lipinski definition) is 4. The number of nitro groups is 1. The van der Waals surface area contributed by atoms with Gasteiger partial charge in [-0.15, -0.1) is 0 Å². The minimum Gasteiger partial charge on any atom is -0.481 e. The number of carboxylic acid groups (broad SMARTS) is 1. The Morgan fingerprint density at radius 3 is 2.50 bits per heavy atom. The van der Waals surface area contributed by atoms with Crippen molar-refractivity contribution in [2.24, 2.45) is 5.92 Å². The number of aryl methyl sites for hydroxylation is 1. The van der Waals surface area contributed by atoms with Crippen molar-refractivity contribution in [1.82, 2.24) is 4.90 Å². The van der Waals surface area contributed by atoms with Gasteiger partial charge in [-0.3, -0.25) is 14.9 Å². The van der Waals surface area contributed by atoms with Crippen LogP contribution in [0.5, 0.6) is 0 Å². The lowest BCUT2D eigenvalue weighted by Gasteiger charge is -2.30. The molecule has 8 nitrogen and oxygen atoms in total. The maximum Gasteiger partial charge on any atom is 0.321 e. The molecule has 1 aliphatic rings. The number of nitro benzene ring substituents is 1. The summed E-state index contributed by atoms with van der Waals surface area (Å²) in [5.41, 5.74) is 1.08. The summed E-state index contributed by atoms with van der Waals surface area (Å²) in [5, 5.41) is 22.3. The van der Waals surface area contributed by atoms with Crippen LogP contribution in [0.4, 0.5) is 16.2 Å². The average Bonchev–Trinajstić information content (AvgIpc) is 2.49. The van der Waals surface area contributed by atoms with Gasteiger partial charge in [0.15, 0.2) is 0 Å². The van der Waals surface area contributed by atoms with Gasteiger partial charge in [-0.05, 0) is 31.4 Å². The number of urea groups is 1. The first kappa shape index (κ1) is 15.7. The summed E-state index contributed by atoms with van der Waals surface area (Å²) in [6.45, 7) is 2.45. The highest BCUT2D eigenvalue weighted by Crippen LogP contribution is 2.23. The number of likely N-dealkylation sites (tertiary alicyclic amines) is 1. The number of nitrogens with one attached hydrogen (secondary N) is 1. The van der Waals surface area contributed by atoms with Crippen molar-refractivity contribution in [3.8, 4) is 0 Å². The Morgan fingerprint density at radius 2 is 2.00 bits per heavy atom. The fourth-order valence-corrected chi connectivity index (χ4v) is 2.43. The normalized spacial score (nSPS) is 15.4. The van der Waals surface area contributed by atoms with E-state index < -0.39 is 16.8 Å². The highest BCUT2D eigenvalue weighted by atomic mass is 16.6. The van der Waals surface area contributed by atoms with Gasteiger partial charge in [0.2, 0.25) is 0 Å². The number of rotatable bonds is 3. The number of hydrogen-bond donors (Lipinski definition) is 2. The predicted molar refractivity (Wildman–Crippen MR) is 78.8 cm³/mol. The van der Waals surface area contributed by atoms with Crippen LogP contribution in [0.15, 0.2) is 18.2 Å². The van der Waals surface area contributed by atoms with E-state index in [0.717, 1.165) is 0 Å². The molecule has 1 saturated heterocycles. The van der Waals surface area contributed by atoms with Gasteiger partial charge in [0.25, 0.3) is 5.69 Å². The van der Waals surface area contributed by atoms with Crippen LogP contribution < -0.4 is 5.32 Å². The van der Waals surface area contributed by atoms with Crippen LogP contribution in [0.1, 0.15) is 18.4 Å². The number of non-ortho nitro benzene ring substituents is 1. The van der Waals surface area contributed by atoms with Crippen molar-refractivity contribution in [2.75, 3.05) is 18.4 Å². The van der Waals surface area contributed by atoms with E-state index in [1.54, 1.807) is 11.8 Å². The van der Waals surface area contributed by atoms with Crippen LogP contribution in [0.2, 0.25) is 0 Å². The molecule has 1 fully saturated rings. The Morgan fingerprint density at radius 1 is 1.36 bits per heavy atom. The second-order valence-corrected chi connectivity index (χ2v) is 5.29. The first-order valence-corrected chi connectivity index (χ1v) is 6.92. The number of aliphatic carboxylic acids is 1. The highest BCUT2D eigenvalue weighted by Gasteiger charge is 2.27. The molecule has 8 heteroatoms. The maximum atomic E-state index is 12.1. The van der Waals surface area contributed by atoms with Crippen molar-refractivity contribution in [3.05, 3.63) is 33.9 Å². The summed E-state index contributed by atoms with van der Waals surface area (Å²) in [6.07, 6.45) is 0.865. The van der Waals surface area contributed by atoms with Crippen molar-refractivity contribution < 1.29 is 19.6 Å². The lowest BCUT2D eigenvalue weighted by atomic mass is 9.97. The molecule has 0 bridgehead atoms. The first-order chi connectivity index (χ1) is 10.4.